The van der Waals surface area contributed by atoms with E-state index in [2.05, 4.69) is 29.5 Å². The molecule has 34 heavy (non-hydrogen) atoms. The molecular formula is C29H51N3O2. The molecular weight excluding hydrogens is 422 g/mol. The molecule has 2 amide bonds. The van der Waals surface area contributed by atoms with E-state index in [9.17, 15) is 9.59 Å². The SMILES string of the molecule is CCCCCCCCCCCNC(=O)c1ccc(C(=O)NCCCCCCCCCCC)nc1. The summed E-state index contributed by atoms with van der Waals surface area (Å²) in [6.45, 7) is 5.86. The molecule has 5 nitrogen and oxygen atoms in total. The highest BCUT2D eigenvalue weighted by molar-refractivity contribution is 5.96. The van der Waals surface area contributed by atoms with Gasteiger partial charge in [-0.15, -0.1) is 0 Å². The van der Waals surface area contributed by atoms with Gasteiger partial charge in [-0.3, -0.25) is 14.6 Å². The van der Waals surface area contributed by atoms with Crippen LogP contribution in [0.2, 0.25) is 0 Å². The summed E-state index contributed by atoms with van der Waals surface area (Å²) < 4.78 is 0. The van der Waals surface area contributed by atoms with E-state index in [4.69, 9.17) is 0 Å². The first-order chi connectivity index (χ1) is 16.7. The number of pyridine rings is 1. The van der Waals surface area contributed by atoms with Gasteiger partial charge in [0.15, 0.2) is 0 Å². The summed E-state index contributed by atoms with van der Waals surface area (Å²) in [5, 5.41) is 5.90. The monoisotopic (exact) mass is 473 g/mol. The summed E-state index contributed by atoms with van der Waals surface area (Å²) in [5.74, 6) is -0.282. The summed E-state index contributed by atoms with van der Waals surface area (Å²) >= 11 is 0. The fourth-order valence-electron chi connectivity index (χ4n) is 4.13. The van der Waals surface area contributed by atoms with E-state index in [0.29, 0.717) is 24.3 Å². The minimum absolute atomic E-state index is 0.117. The van der Waals surface area contributed by atoms with Gasteiger partial charge in [0.1, 0.15) is 5.69 Å². The van der Waals surface area contributed by atoms with Crippen molar-refractivity contribution in [2.45, 2.75) is 129 Å². The molecule has 1 heterocycles. The summed E-state index contributed by atoms with van der Waals surface area (Å²) in [6.07, 6.45) is 24.3. The van der Waals surface area contributed by atoms with Gasteiger partial charge in [0, 0.05) is 19.3 Å². The average molecular weight is 474 g/mol. The second-order valence-corrected chi connectivity index (χ2v) is 9.60. The molecule has 0 saturated heterocycles. The Hall–Kier alpha value is -1.91. The Balaban J connectivity index is 2.08. The lowest BCUT2D eigenvalue weighted by Gasteiger charge is -2.07. The van der Waals surface area contributed by atoms with E-state index in [-0.39, 0.29) is 11.8 Å². The van der Waals surface area contributed by atoms with Crippen molar-refractivity contribution in [3.63, 3.8) is 0 Å². The van der Waals surface area contributed by atoms with Crippen LogP contribution in [0.5, 0.6) is 0 Å². The van der Waals surface area contributed by atoms with Crippen LogP contribution >= 0.6 is 0 Å². The third kappa shape index (κ3) is 15.8. The van der Waals surface area contributed by atoms with Crippen molar-refractivity contribution in [3.8, 4) is 0 Å². The molecule has 0 unspecified atom stereocenters. The predicted molar refractivity (Wildman–Crippen MR) is 143 cm³/mol. The van der Waals surface area contributed by atoms with Gasteiger partial charge in [-0.25, -0.2) is 0 Å². The quantitative estimate of drug-likeness (QED) is 0.170. The van der Waals surface area contributed by atoms with Crippen LogP contribution < -0.4 is 10.6 Å². The Morgan fingerprint density at radius 3 is 1.41 bits per heavy atom. The molecule has 0 aliphatic rings. The number of rotatable bonds is 22. The van der Waals surface area contributed by atoms with Crippen molar-refractivity contribution in [1.82, 2.24) is 15.6 Å². The number of aromatic nitrogens is 1. The normalized spacial score (nSPS) is 10.9. The molecule has 0 bridgehead atoms. The Morgan fingerprint density at radius 2 is 1.00 bits per heavy atom. The molecule has 0 saturated carbocycles. The maximum atomic E-state index is 12.3. The fourth-order valence-corrected chi connectivity index (χ4v) is 4.13. The van der Waals surface area contributed by atoms with E-state index in [1.165, 1.54) is 96.1 Å². The number of carbonyl (C=O) groups is 2. The fraction of sp³-hybridized carbons (Fsp3) is 0.759. The maximum absolute atomic E-state index is 12.3. The molecule has 0 spiro atoms. The highest BCUT2D eigenvalue weighted by atomic mass is 16.2. The van der Waals surface area contributed by atoms with Gasteiger partial charge in [0.25, 0.3) is 11.8 Å². The first-order valence-corrected chi connectivity index (χ1v) is 14.2. The van der Waals surface area contributed by atoms with E-state index in [1.54, 1.807) is 12.1 Å². The van der Waals surface area contributed by atoms with E-state index in [0.717, 1.165) is 25.7 Å². The molecule has 0 atom stereocenters. The standard InChI is InChI=1S/C29H51N3O2/c1-3-5-7-9-11-13-15-17-19-23-30-28(33)26-21-22-27(32-25-26)29(34)31-24-20-18-16-14-12-10-8-6-4-2/h21-22,25H,3-20,23-24H2,1-2H3,(H,30,33)(H,31,34). The molecule has 0 aromatic carbocycles. The second-order valence-electron chi connectivity index (χ2n) is 9.60. The van der Waals surface area contributed by atoms with E-state index in [1.807, 2.05) is 0 Å². The summed E-state index contributed by atoms with van der Waals surface area (Å²) in [4.78, 5) is 28.7. The Kier molecular flexibility index (Phi) is 19.1. The Bertz CT molecular complexity index is 576. The van der Waals surface area contributed by atoms with Crippen molar-refractivity contribution in [2.75, 3.05) is 13.1 Å². The number of nitrogens with one attached hydrogen (secondary N) is 2. The first-order valence-electron chi connectivity index (χ1n) is 14.2. The van der Waals surface area contributed by atoms with Crippen molar-refractivity contribution in [2.24, 2.45) is 0 Å². The lowest BCUT2D eigenvalue weighted by atomic mass is 10.1. The predicted octanol–water partition coefficient (Wildman–Crippen LogP) is 7.60. The minimum Gasteiger partial charge on any atom is -0.352 e. The van der Waals surface area contributed by atoms with Gasteiger partial charge < -0.3 is 10.6 Å². The van der Waals surface area contributed by atoms with Crippen LogP contribution in [0.1, 0.15) is 150 Å². The highest BCUT2D eigenvalue weighted by Gasteiger charge is 2.09. The number of unbranched alkanes of at least 4 members (excludes halogenated alkanes) is 16. The molecule has 1 aromatic rings. The van der Waals surface area contributed by atoms with Crippen LogP contribution in [0.3, 0.4) is 0 Å². The number of hydrogen-bond acceptors (Lipinski definition) is 3. The highest BCUT2D eigenvalue weighted by Crippen LogP contribution is 2.10. The third-order valence-corrected chi connectivity index (χ3v) is 6.39. The van der Waals surface area contributed by atoms with Crippen LogP contribution in [0.4, 0.5) is 0 Å². The number of amides is 2. The van der Waals surface area contributed by atoms with Crippen LogP contribution in [0.15, 0.2) is 18.3 Å². The molecule has 5 heteroatoms. The van der Waals surface area contributed by atoms with Crippen LogP contribution in [-0.2, 0) is 0 Å². The van der Waals surface area contributed by atoms with Crippen LogP contribution in [0, 0.1) is 0 Å². The van der Waals surface area contributed by atoms with Gasteiger partial charge in [-0.1, -0.05) is 117 Å². The van der Waals surface area contributed by atoms with Crippen molar-refractivity contribution >= 4 is 11.8 Å². The van der Waals surface area contributed by atoms with E-state index >= 15 is 0 Å². The van der Waals surface area contributed by atoms with Crippen molar-refractivity contribution < 1.29 is 9.59 Å². The topological polar surface area (TPSA) is 71.1 Å². The minimum atomic E-state index is -0.166. The number of nitrogens with zero attached hydrogens (tertiary/aromatic N) is 1. The zero-order chi connectivity index (χ0) is 24.7. The summed E-state index contributed by atoms with van der Waals surface area (Å²) in [5.41, 5.74) is 0.873. The second kappa shape index (κ2) is 21.6. The molecule has 0 aliphatic heterocycles. The van der Waals surface area contributed by atoms with Gasteiger partial charge in [-0.05, 0) is 25.0 Å². The third-order valence-electron chi connectivity index (χ3n) is 6.39. The number of carbonyl (C=O) groups excluding carboxylic acids is 2. The zero-order valence-corrected chi connectivity index (χ0v) is 22.1. The maximum Gasteiger partial charge on any atom is 0.269 e. The number of hydrogen-bond donors (Lipinski definition) is 2. The van der Waals surface area contributed by atoms with Crippen molar-refractivity contribution in [1.29, 1.82) is 0 Å². The summed E-state index contributed by atoms with van der Waals surface area (Å²) in [6, 6.07) is 3.32. The molecule has 2 N–H and O–H groups in total. The molecule has 0 radical (unpaired) electrons. The Morgan fingerprint density at radius 1 is 0.588 bits per heavy atom. The van der Waals surface area contributed by atoms with Gasteiger partial charge >= 0.3 is 0 Å². The Labute approximate surface area is 209 Å². The molecule has 1 aromatic heterocycles. The van der Waals surface area contributed by atoms with Crippen LogP contribution in [0.25, 0.3) is 0 Å². The largest absolute Gasteiger partial charge is 0.352 e. The molecule has 0 fully saturated rings. The van der Waals surface area contributed by atoms with Gasteiger partial charge in [-0.2, -0.15) is 0 Å². The van der Waals surface area contributed by atoms with E-state index < -0.39 is 0 Å². The lowest BCUT2D eigenvalue weighted by molar-refractivity contribution is 0.0937. The summed E-state index contributed by atoms with van der Waals surface area (Å²) in [7, 11) is 0. The average Bonchev–Trinajstić information content (AvgIpc) is 2.86. The van der Waals surface area contributed by atoms with Gasteiger partial charge in [0.05, 0.1) is 5.56 Å². The lowest BCUT2D eigenvalue weighted by Crippen LogP contribution is -2.27. The smallest absolute Gasteiger partial charge is 0.269 e. The molecule has 0 aliphatic carbocycles. The van der Waals surface area contributed by atoms with Crippen LogP contribution in [-0.4, -0.2) is 29.9 Å². The molecule has 1 rings (SSSR count). The van der Waals surface area contributed by atoms with Crippen molar-refractivity contribution in [3.05, 3.63) is 29.6 Å². The zero-order valence-electron chi connectivity index (χ0n) is 22.1. The van der Waals surface area contributed by atoms with Gasteiger partial charge in [0.2, 0.25) is 0 Å². The molecule has 194 valence electrons. The first kappa shape index (κ1) is 30.1.